The lowest BCUT2D eigenvalue weighted by atomic mass is 10.3. The van der Waals surface area contributed by atoms with E-state index in [1.165, 1.54) is 0 Å². The van der Waals surface area contributed by atoms with E-state index in [2.05, 4.69) is 10.3 Å². The number of aliphatic imine (C=N–C) groups is 1. The van der Waals surface area contributed by atoms with Gasteiger partial charge in [0.25, 0.3) is 0 Å². The second-order valence-corrected chi connectivity index (χ2v) is 6.37. The number of sulfone groups is 1. The molecule has 0 spiro atoms. The smallest absolute Gasteiger partial charge is 0.151 e. The topological polar surface area (TPSA) is 71.7 Å². The highest BCUT2D eigenvalue weighted by molar-refractivity contribution is 7.91. The zero-order valence-corrected chi connectivity index (χ0v) is 10.3. The zero-order chi connectivity index (χ0) is 12.1. The van der Waals surface area contributed by atoms with Crippen LogP contribution < -0.4 is 5.32 Å². The van der Waals surface area contributed by atoms with Crippen molar-refractivity contribution in [1.29, 1.82) is 0 Å². The highest BCUT2D eigenvalue weighted by atomic mass is 32.2. The van der Waals surface area contributed by atoms with Gasteiger partial charge < -0.3 is 9.73 Å². The Balaban J connectivity index is 1.64. The SMILES string of the molecule is O=S1(=O)CC[C@H](NCCN=Cc2ccoc2)C1. The summed E-state index contributed by atoms with van der Waals surface area (Å²) in [5, 5.41) is 3.20. The Labute approximate surface area is 101 Å². The van der Waals surface area contributed by atoms with Crippen LogP contribution in [0.15, 0.2) is 28.0 Å². The fourth-order valence-electron chi connectivity index (χ4n) is 1.81. The average molecular weight is 256 g/mol. The molecular weight excluding hydrogens is 240 g/mol. The molecule has 1 aromatic rings. The standard InChI is InChI=1S/C11H16N2O3S/c14-17(15)6-2-11(9-17)13-4-3-12-7-10-1-5-16-8-10/h1,5,7-8,11,13H,2-4,6,9H2/t11-/m0/s1. The molecule has 1 fully saturated rings. The van der Waals surface area contributed by atoms with Gasteiger partial charge in [0.05, 0.1) is 30.6 Å². The van der Waals surface area contributed by atoms with Crippen molar-refractivity contribution in [1.82, 2.24) is 5.32 Å². The monoisotopic (exact) mass is 256 g/mol. The molecule has 0 unspecified atom stereocenters. The molecule has 2 heterocycles. The Morgan fingerprint density at radius 2 is 2.47 bits per heavy atom. The van der Waals surface area contributed by atoms with Crippen molar-refractivity contribution in [3.05, 3.63) is 24.2 Å². The van der Waals surface area contributed by atoms with Gasteiger partial charge in [-0.2, -0.15) is 0 Å². The van der Waals surface area contributed by atoms with Crippen LogP contribution in [0.5, 0.6) is 0 Å². The molecular formula is C11H16N2O3S. The third kappa shape index (κ3) is 3.98. The molecule has 1 saturated heterocycles. The molecule has 0 saturated carbocycles. The zero-order valence-electron chi connectivity index (χ0n) is 9.50. The van der Waals surface area contributed by atoms with Crippen molar-refractivity contribution in [2.24, 2.45) is 4.99 Å². The molecule has 0 aliphatic carbocycles. The maximum atomic E-state index is 11.2. The molecule has 1 N–H and O–H groups in total. The van der Waals surface area contributed by atoms with Gasteiger partial charge in [-0.3, -0.25) is 4.99 Å². The van der Waals surface area contributed by atoms with Gasteiger partial charge in [-0.15, -0.1) is 0 Å². The van der Waals surface area contributed by atoms with Crippen molar-refractivity contribution in [3.8, 4) is 0 Å². The Bertz CT molecular complexity index is 465. The molecule has 2 rings (SSSR count). The van der Waals surface area contributed by atoms with E-state index in [0.717, 1.165) is 5.56 Å². The molecule has 1 atom stereocenters. The van der Waals surface area contributed by atoms with Crippen molar-refractivity contribution >= 4 is 16.1 Å². The summed E-state index contributed by atoms with van der Waals surface area (Å²) in [7, 11) is -2.79. The molecule has 1 aromatic heterocycles. The van der Waals surface area contributed by atoms with Crippen molar-refractivity contribution < 1.29 is 12.8 Å². The minimum absolute atomic E-state index is 0.101. The first-order valence-electron chi connectivity index (χ1n) is 5.61. The quantitative estimate of drug-likeness (QED) is 0.614. The van der Waals surface area contributed by atoms with Crippen LogP contribution >= 0.6 is 0 Å². The molecule has 0 amide bonds. The van der Waals surface area contributed by atoms with Gasteiger partial charge in [-0.25, -0.2) is 8.42 Å². The second-order valence-electron chi connectivity index (χ2n) is 4.15. The van der Waals surface area contributed by atoms with Gasteiger partial charge in [-0.1, -0.05) is 0 Å². The highest BCUT2D eigenvalue weighted by Gasteiger charge is 2.26. The summed E-state index contributed by atoms with van der Waals surface area (Å²) in [4.78, 5) is 4.21. The summed E-state index contributed by atoms with van der Waals surface area (Å²) in [6.45, 7) is 1.34. The molecule has 0 aromatic carbocycles. The summed E-state index contributed by atoms with van der Waals surface area (Å²) >= 11 is 0. The van der Waals surface area contributed by atoms with Gasteiger partial charge in [0.15, 0.2) is 9.84 Å². The van der Waals surface area contributed by atoms with Gasteiger partial charge >= 0.3 is 0 Å². The maximum absolute atomic E-state index is 11.2. The van der Waals surface area contributed by atoms with Crippen LogP contribution in [0.4, 0.5) is 0 Å². The lowest BCUT2D eigenvalue weighted by Gasteiger charge is -2.08. The van der Waals surface area contributed by atoms with E-state index in [1.54, 1.807) is 18.7 Å². The van der Waals surface area contributed by atoms with E-state index in [9.17, 15) is 8.42 Å². The second kappa shape index (κ2) is 5.46. The van der Waals surface area contributed by atoms with E-state index in [1.807, 2.05) is 6.07 Å². The molecule has 94 valence electrons. The van der Waals surface area contributed by atoms with E-state index in [0.29, 0.717) is 25.3 Å². The first-order chi connectivity index (χ1) is 8.16. The molecule has 1 aliphatic heterocycles. The Hall–Kier alpha value is -1.14. The normalized spacial score (nSPS) is 23.4. The third-order valence-corrected chi connectivity index (χ3v) is 4.46. The number of rotatable bonds is 5. The predicted octanol–water partition coefficient (Wildman–Crippen LogP) is 0.475. The lowest BCUT2D eigenvalue weighted by Crippen LogP contribution is -2.32. The predicted molar refractivity (Wildman–Crippen MR) is 66.2 cm³/mol. The van der Waals surface area contributed by atoms with Crippen LogP contribution in [0.1, 0.15) is 12.0 Å². The van der Waals surface area contributed by atoms with Crippen molar-refractivity contribution in [3.63, 3.8) is 0 Å². The summed E-state index contributed by atoms with van der Waals surface area (Å²) in [5.74, 6) is 0.571. The van der Waals surface area contributed by atoms with E-state index >= 15 is 0 Å². The molecule has 6 heteroatoms. The van der Waals surface area contributed by atoms with Gasteiger partial charge in [0.1, 0.15) is 0 Å². The highest BCUT2D eigenvalue weighted by Crippen LogP contribution is 2.10. The van der Waals surface area contributed by atoms with E-state index in [-0.39, 0.29) is 11.8 Å². The number of nitrogens with zero attached hydrogens (tertiary/aromatic N) is 1. The van der Waals surface area contributed by atoms with Crippen LogP contribution in [0, 0.1) is 0 Å². The largest absolute Gasteiger partial charge is 0.472 e. The minimum atomic E-state index is -2.79. The molecule has 5 nitrogen and oxygen atoms in total. The first-order valence-corrected chi connectivity index (χ1v) is 7.44. The number of nitrogens with one attached hydrogen (secondary N) is 1. The van der Waals surface area contributed by atoms with Gasteiger partial charge in [0, 0.05) is 24.4 Å². The Morgan fingerprint density at radius 3 is 3.12 bits per heavy atom. The molecule has 17 heavy (non-hydrogen) atoms. The van der Waals surface area contributed by atoms with Crippen molar-refractivity contribution in [2.75, 3.05) is 24.6 Å². The van der Waals surface area contributed by atoms with Crippen LogP contribution in [-0.2, 0) is 9.84 Å². The van der Waals surface area contributed by atoms with E-state index in [4.69, 9.17) is 4.42 Å². The number of hydrogen-bond donors (Lipinski definition) is 1. The third-order valence-electron chi connectivity index (χ3n) is 2.69. The molecule has 0 bridgehead atoms. The molecule has 1 aliphatic rings. The summed E-state index contributed by atoms with van der Waals surface area (Å²) in [6.07, 6.45) is 5.69. The lowest BCUT2D eigenvalue weighted by molar-refractivity contribution is 0.561. The number of hydrogen-bond acceptors (Lipinski definition) is 5. The summed E-state index contributed by atoms with van der Waals surface area (Å²) in [6, 6.07) is 1.93. The fourth-order valence-corrected chi connectivity index (χ4v) is 3.52. The average Bonchev–Trinajstić information content (AvgIpc) is 2.88. The van der Waals surface area contributed by atoms with E-state index < -0.39 is 9.84 Å². The van der Waals surface area contributed by atoms with Crippen LogP contribution in [0.25, 0.3) is 0 Å². The Kier molecular flexibility index (Phi) is 3.96. The van der Waals surface area contributed by atoms with Crippen LogP contribution in [-0.4, -0.2) is 45.3 Å². The van der Waals surface area contributed by atoms with Crippen LogP contribution in [0.3, 0.4) is 0 Å². The minimum Gasteiger partial charge on any atom is -0.472 e. The summed E-state index contributed by atoms with van der Waals surface area (Å²) < 4.78 is 27.3. The van der Waals surface area contributed by atoms with Crippen molar-refractivity contribution in [2.45, 2.75) is 12.5 Å². The number of furan rings is 1. The fraction of sp³-hybridized carbons (Fsp3) is 0.545. The molecule has 0 radical (unpaired) electrons. The first kappa shape index (κ1) is 12.3. The Morgan fingerprint density at radius 1 is 1.59 bits per heavy atom. The maximum Gasteiger partial charge on any atom is 0.151 e. The van der Waals surface area contributed by atoms with Crippen LogP contribution in [0.2, 0.25) is 0 Å². The van der Waals surface area contributed by atoms with Gasteiger partial charge in [0.2, 0.25) is 0 Å². The summed E-state index contributed by atoms with van der Waals surface area (Å²) in [5.41, 5.74) is 0.938. The van der Waals surface area contributed by atoms with Gasteiger partial charge in [-0.05, 0) is 12.5 Å².